The van der Waals surface area contributed by atoms with Gasteiger partial charge in [0.05, 0.1) is 31.4 Å². The van der Waals surface area contributed by atoms with Gasteiger partial charge in [0.15, 0.2) is 18.2 Å². The fourth-order valence-corrected chi connectivity index (χ4v) is 4.27. The maximum absolute atomic E-state index is 12.3. The Labute approximate surface area is 230 Å². The number of ether oxygens (including phenoxy) is 4. The van der Waals surface area contributed by atoms with Crippen LogP contribution in [0.1, 0.15) is 66.4 Å². The number of fused-ring (bicyclic) bond motifs is 1. The van der Waals surface area contributed by atoms with Gasteiger partial charge in [-0.2, -0.15) is 0 Å². The highest BCUT2D eigenvalue weighted by atomic mass is 16.6. The first-order valence-electron chi connectivity index (χ1n) is 13.2. The van der Waals surface area contributed by atoms with Crippen molar-refractivity contribution in [2.24, 2.45) is 16.3 Å². The zero-order valence-corrected chi connectivity index (χ0v) is 24.0. The molecule has 3 rings (SSSR count). The molecule has 39 heavy (non-hydrogen) atoms. The van der Waals surface area contributed by atoms with Crippen LogP contribution in [0, 0.1) is 11.3 Å². The highest BCUT2D eigenvalue weighted by Crippen LogP contribution is 2.38. The number of carboxylic acid groups (broad SMARTS) is 1. The average Bonchev–Trinajstić information content (AvgIpc) is 2.85. The van der Waals surface area contributed by atoms with E-state index in [0.717, 1.165) is 24.8 Å². The zero-order chi connectivity index (χ0) is 29.0. The van der Waals surface area contributed by atoms with Crippen LogP contribution in [0.4, 0.5) is 10.5 Å². The Hall–Kier alpha value is -3.50. The largest absolute Gasteiger partial charge is 0.493 e. The highest BCUT2D eigenvalue weighted by Gasteiger charge is 2.30. The first-order chi connectivity index (χ1) is 18.2. The van der Waals surface area contributed by atoms with Crippen LogP contribution in [0.2, 0.25) is 0 Å². The SMILES string of the molecule is COc1cc2c(cc1OCCC1CCN(C(=O)OC(C)(C)C)CC1)N=C(C(=O)O)N(COC(=O)C(C)(C)C)C2. The summed E-state index contributed by atoms with van der Waals surface area (Å²) in [4.78, 5) is 43.9. The fraction of sp³-hybridized carbons (Fsp3) is 0.643. The molecule has 0 saturated carbocycles. The molecule has 1 aromatic rings. The van der Waals surface area contributed by atoms with Crippen LogP contribution in [0.25, 0.3) is 0 Å². The van der Waals surface area contributed by atoms with Crippen molar-refractivity contribution in [3.8, 4) is 11.5 Å². The minimum absolute atomic E-state index is 0.185. The Morgan fingerprint density at radius 1 is 1.05 bits per heavy atom. The van der Waals surface area contributed by atoms with Crippen molar-refractivity contribution in [3.05, 3.63) is 17.7 Å². The van der Waals surface area contributed by atoms with Crippen molar-refractivity contribution in [1.29, 1.82) is 0 Å². The summed E-state index contributed by atoms with van der Waals surface area (Å²) in [6.07, 6.45) is 2.26. The third-order valence-corrected chi connectivity index (χ3v) is 6.46. The Kier molecular flexibility index (Phi) is 9.34. The summed E-state index contributed by atoms with van der Waals surface area (Å²) in [7, 11) is 1.54. The summed E-state index contributed by atoms with van der Waals surface area (Å²) in [6, 6.07) is 3.45. The number of methoxy groups -OCH3 is 1. The van der Waals surface area contributed by atoms with Gasteiger partial charge in [-0.05, 0) is 72.8 Å². The molecule has 0 atom stereocenters. The molecule has 0 bridgehead atoms. The minimum Gasteiger partial charge on any atom is -0.493 e. The number of aliphatic imine (C=N–C) groups is 1. The van der Waals surface area contributed by atoms with E-state index in [-0.39, 0.29) is 25.2 Å². The van der Waals surface area contributed by atoms with E-state index in [1.54, 1.807) is 44.9 Å². The second-order valence-electron chi connectivity index (χ2n) is 11.9. The molecule has 0 radical (unpaired) electrons. The second-order valence-corrected chi connectivity index (χ2v) is 11.9. The summed E-state index contributed by atoms with van der Waals surface area (Å²) in [5.41, 5.74) is -0.0287. The molecule has 0 aromatic heterocycles. The van der Waals surface area contributed by atoms with Gasteiger partial charge in [-0.3, -0.25) is 4.79 Å². The van der Waals surface area contributed by atoms with Gasteiger partial charge in [0.2, 0.25) is 5.84 Å². The second kappa shape index (κ2) is 12.1. The molecule has 0 aliphatic carbocycles. The predicted octanol–water partition coefficient (Wildman–Crippen LogP) is 4.59. The molecule has 1 fully saturated rings. The summed E-state index contributed by atoms with van der Waals surface area (Å²) < 4.78 is 22.4. The molecular formula is C28H41N3O8. The number of hydrogen-bond acceptors (Lipinski definition) is 9. The topological polar surface area (TPSA) is 127 Å². The first-order valence-corrected chi connectivity index (χ1v) is 13.2. The minimum atomic E-state index is -1.22. The number of carboxylic acids is 1. The van der Waals surface area contributed by atoms with Gasteiger partial charge in [0.1, 0.15) is 5.60 Å². The number of hydrogen-bond donors (Lipinski definition) is 1. The maximum atomic E-state index is 12.3. The lowest BCUT2D eigenvalue weighted by atomic mass is 9.94. The van der Waals surface area contributed by atoms with Crippen molar-refractivity contribution < 1.29 is 38.4 Å². The van der Waals surface area contributed by atoms with Gasteiger partial charge in [-0.25, -0.2) is 14.6 Å². The average molecular weight is 548 g/mol. The zero-order valence-electron chi connectivity index (χ0n) is 24.0. The van der Waals surface area contributed by atoms with Crippen molar-refractivity contribution >= 4 is 29.6 Å². The number of amidine groups is 1. The highest BCUT2D eigenvalue weighted by molar-refractivity contribution is 6.35. The number of likely N-dealkylation sites (tertiary alicyclic amines) is 1. The van der Waals surface area contributed by atoms with Gasteiger partial charge in [-0.1, -0.05) is 0 Å². The number of benzene rings is 1. The number of amides is 1. The van der Waals surface area contributed by atoms with Crippen molar-refractivity contribution in [3.63, 3.8) is 0 Å². The molecule has 2 heterocycles. The molecule has 2 aliphatic rings. The molecule has 11 nitrogen and oxygen atoms in total. The first kappa shape index (κ1) is 30.0. The van der Waals surface area contributed by atoms with E-state index in [0.29, 0.717) is 42.8 Å². The van der Waals surface area contributed by atoms with Crippen LogP contribution in [-0.4, -0.2) is 77.9 Å². The molecule has 0 spiro atoms. The van der Waals surface area contributed by atoms with Crippen LogP contribution in [0.5, 0.6) is 11.5 Å². The predicted molar refractivity (Wildman–Crippen MR) is 144 cm³/mol. The number of carbonyl (C=O) groups excluding carboxylic acids is 2. The summed E-state index contributed by atoms with van der Waals surface area (Å²) in [5, 5.41) is 9.72. The van der Waals surface area contributed by atoms with Gasteiger partial charge < -0.3 is 33.9 Å². The van der Waals surface area contributed by atoms with Crippen LogP contribution in [0.15, 0.2) is 17.1 Å². The third-order valence-electron chi connectivity index (χ3n) is 6.46. The fourth-order valence-electron chi connectivity index (χ4n) is 4.27. The molecule has 0 unspecified atom stereocenters. The lowest BCUT2D eigenvalue weighted by Gasteiger charge is -2.33. The van der Waals surface area contributed by atoms with E-state index in [9.17, 15) is 19.5 Å². The lowest BCUT2D eigenvalue weighted by Crippen LogP contribution is -2.41. The Morgan fingerprint density at radius 3 is 2.28 bits per heavy atom. The van der Waals surface area contributed by atoms with Gasteiger partial charge >= 0.3 is 18.0 Å². The van der Waals surface area contributed by atoms with E-state index in [2.05, 4.69) is 4.99 Å². The summed E-state index contributed by atoms with van der Waals surface area (Å²) in [5.74, 6) is -0.471. The molecular weight excluding hydrogens is 506 g/mol. The van der Waals surface area contributed by atoms with Crippen molar-refractivity contribution in [1.82, 2.24) is 9.80 Å². The Morgan fingerprint density at radius 2 is 1.72 bits per heavy atom. The normalized spacial score (nSPS) is 16.2. The third kappa shape index (κ3) is 8.24. The van der Waals surface area contributed by atoms with Crippen molar-refractivity contribution in [2.45, 2.75) is 73.0 Å². The number of carbonyl (C=O) groups is 3. The molecule has 216 valence electrons. The number of aliphatic carboxylic acids is 1. The van der Waals surface area contributed by atoms with Gasteiger partial charge in [0.25, 0.3) is 0 Å². The maximum Gasteiger partial charge on any atom is 0.410 e. The molecule has 2 aliphatic heterocycles. The number of nitrogens with zero attached hydrogens (tertiary/aromatic N) is 3. The summed E-state index contributed by atoms with van der Waals surface area (Å²) >= 11 is 0. The molecule has 11 heteroatoms. The summed E-state index contributed by atoms with van der Waals surface area (Å²) in [6.45, 7) is 12.5. The van der Waals surface area contributed by atoms with Crippen LogP contribution >= 0.6 is 0 Å². The lowest BCUT2D eigenvalue weighted by molar-refractivity contribution is -0.157. The van der Waals surface area contributed by atoms with Crippen LogP contribution in [-0.2, 0) is 25.6 Å². The Bertz CT molecular complexity index is 1100. The number of rotatable bonds is 8. The van der Waals surface area contributed by atoms with E-state index in [1.807, 2.05) is 20.8 Å². The molecule has 1 N–H and O–H groups in total. The van der Waals surface area contributed by atoms with Crippen LogP contribution in [0.3, 0.4) is 0 Å². The molecule has 1 aromatic carbocycles. The van der Waals surface area contributed by atoms with E-state index in [4.69, 9.17) is 18.9 Å². The van der Waals surface area contributed by atoms with Gasteiger partial charge in [-0.15, -0.1) is 0 Å². The van der Waals surface area contributed by atoms with Crippen LogP contribution < -0.4 is 9.47 Å². The quantitative estimate of drug-likeness (QED) is 0.465. The van der Waals surface area contributed by atoms with E-state index in [1.165, 1.54) is 4.90 Å². The smallest absolute Gasteiger partial charge is 0.410 e. The number of piperidine rings is 1. The van der Waals surface area contributed by atoms with Gasteiger partial charge in [0, 0.05) is 24.7 Å². The molecule has 1 saturated heterocycles. The van der Waals surface area contributed by atoms with E-state index >= 15 is 0 Å². The monoisotopic (exact) mass is 547 g/mol. The van der Waals surface area contributed by atoms with E-state index < -0.39 is 23.0 Å². The Balaban J connectivity index is 1.61. The number of esters is 1. The standard InChI is InChI=1S/C28H41N3O8/c1-27(2,3)25(34)38-17-31-16-19-14-21(36-7)22(15-20(19)29-23(31)24(32)33)37-13-10-18-8-11-30(12-9-18)26(35)39-28(4,5)6/h14-15,18H,8-13,16-17H2,1-7H3,(H,32,33). The molecule has 1 amide bonds. The van der Waals surface area contributed by atoms with Crippen molar-refractivity contribution in [2.75, 3.05) is 33.5 Å².